The molecule has 0 heterocycles. The SMILES string of the molecule is C=Cc1cccc(N(c2ccccc2)c2ccc(CC)cc2)c1.CC.CCC(C)C. The topological polar surface area (TPSA) is 3.24 Å². The Morgan fingerprint density at radius 3 is 1.80 bits per heavy atom. The molecule has 3 aromatic carbocycles. The van der Waals surface area contributed by atoms with E-state index in [9.17, 15) is 0 Å². The summed E-state index contributed by atoms with van der Waals surface area (Å²) in [5, 5.41) is 0. The molecule has 0 aliphatic rings. The zero-order valence-corrected chi connectivity index (χ0v) is 19.7. The molecule has 160 valence electrons. The van der Waals surface area contributed by atoms with Gasteiger partial charge in [0.05, 0.1) is 0 Å². The van der Waals surface area contributed by atoms with Crippen molar-refractivity contribution in [3.05, 3.63) is 96.6 Å². The van der Waals surface area contributed by atoms with Gasteiger partial charge in [0.2, 0.25) is 0 Å². The largest absolute Gasteiger partial charge is 0.310 e. The van der Waals surface area contributed by atoms with Crippen LogP contribution in [0.2, 0.25) is 0 Å². The lowest BCUT2D eigenvalue weighted by atomic mass is 10.1. The molecule has 0 fully saturated rings. The van der Waals surface area contributed by atoms with Gasteiger partial charge in [-0.25, -0.2) is 0 Å². The highest BCUT2D eigenvalue weighted by molar-refractivity contribution is 5.77. The number of hydrogen-bond acceptors (Lipinski definition) is 1. The average Bonchev–Trinajstić information content (AvgIpc) is 2.82. The van der Waals surface area contributed by atoms with E-state index in [-0.39, 0.29) is 0 Å². The van der Waals surface area contributed by atoms with Gasteiger partial charge < -0.3 is 4.90 Å². The van der Waals surface area contributed by atoms with E-state index in [1.54, 1.807) is 0 Å². The van der Waals surface area contributed by atoms with E-state index in [4.69, 9.17) is 0 Å². The molecular formula is C29H39N. The van der Waals surface area contributed by atoms with Crippen LogP contribution in [-0.2, 0) is 6.42 Å². The summed E-state index contributed by atoms with van der Waals surface area (Å²) in [7, 11) is 0. The molecule has 0 aromatic heterocycles. The molecule has 0 spiro atoms. The van der Waals surface area contributed by atoms with Gasteiger partial charge >= 0.3 is 0 Å². The molecule has 0 unspecified atom stereocenters. The highest BCUT2D eigenvalue weighted by Crippen LogP contribution is 2.34. The first-order valence-corrected chi connectivity index (χ1v) is 11.3. The number of benzene rings is 3. The Labute approximate surface area is 185 Å². The van der Waals surface area contributed by atoms with E-state index in [1.165, 1.54) is 12.0 Å². The third-order valence-electron chi connectivity index (χ3n) is 4.80. The first-order chi connectivity index (χ1) is 14.6. The van der Waals surface area contributed by atoms with E-state index in [1.807, 2.05) is 26.0 Å². The summed E-state index contributed by atoms with van der Waals surface area (Å²) in [5.74, 6) is 0.884. The molecule has 1 nitrogen and oxygen atoms in total. The normalized spacial score (nSPS) is 9.70. The molecule has 0 saturated heterocycles. The fourth-order valence-corrected chi connectivity index (χ4v) is 2.70. The highest BCUT2D eigenvalue weighted by atomic mass is 15.1. The van der Waals surface area contributed by atoms with Crippen LogP contribution >= 0.6 is 0 Å². The maximum absolute atomic E-state index is 3.88. The number of para-hydroxylation sites is 1. The fourth-order valence-electron chi connectivity index (χ4n) is 2.70. The number of hydrogen-bond donors (Lipinski definition) is 0. The van der Waals surface area contributed by atoms with Crippen molar-refractivity contribution in [3.8, 4) is 0 Å². The third kappa shape index (κ3) is 7.91. The minimum absolute atomic E-state index is 0.884. The lowest BCUT2D eigenvalue weighted by Gasteiger charge is -2.26. The van der Waals surface area contributed by atoms with Gasteiger partial charge in [0.1, 0.15) is 0 Å². The summed E-state index contributed by atoms with van der Waals surface area (Å²) in [4.78, 5) is 2.27. The zero-order chi connectivity index (χ0) is 22.4. The Morgan fingerprint density at radius 2 is 1.30 bits per heavy atom. The van der Waals surface area contributed by atoms with E-state index in [0.29, 0.717) is 0 Å². The Morgan fingerprint density at radius 1 is 0.767 bits per heavy atom. The monoisotopic (exact) mass is 401 g/mol. The van der Waals surface area contributed by atoms with Gasteiger partial charge in [0.25, 0.3) is 0 Å². The first kappa shape index (κ1) is 25.2. The average molecular weight is 402 g/mol. The van der Waals surface area contributed by atoms with Crippen molar-refractivity contribution in [3.63, 3.8) is 0 Å². The van der Waals surface area contributed by atoms with Gasteiger partial charge in [0, 0.05) is 17.1 Å². The van der Waals surface area contributed by atoms with Crippen molar-refractivity contribution in [2.24, 2.45) is 5.92 Å². The highest BCUT2D eigenvalue weighted by Gasteiger charge is 2.12. The molecule has 30 heavy (non-hydrogen) atoms. The second kappa shape index (κ2) is 14.2. The first-order valence-electron chi connectivity index (χ1n) is 11.3. The smallest absolute Gasteiger partial charge is 0.0467 e. The predicted octanol–water partition coefficient (Wildman–Crippen LogP) is 9.44. The van der Waals surface area contributed by atoms with Gasteiger partial charge in [-0.15, -0.1) is 0 Å². The van der Waals surface area contributed by atoms with Crippen LogP contribution in [0, 0.1) is 5.92 Å². The second-order valence-electron chi connectivity index (χ2n) is 7.29. The molecule has 3 rings (SSSR count). The van der Waals surface area contributed by atoms with Crippen molar-refractivity contribution in [1.82, 2.24) is 0 Å². The third-order valence-corrected chi connectivity index (χ3v) is 4.80. The molecule has 0 aliphatic carbocycles. The quantitative estimate of drug-likeness (QED) is 0.397. The van der Waals surface area contributed by atoms with Crippen molar-refractivity contribution in [2.75, 3.05) is 4.90 Å². The summed E-state index contributed by atoms with van der Waals surface area (Å²) in [5.41, 5.74) is 5.92. The molecule has 1 heteroatoms. The van der Waals surface area contributed by atoms with Crippen LogP contribution in [0.5, 0.6) is 0 Å². The van der Waals surface area contributed by atoms with Crippen LogP contribution in [0.25, 0.3) is 6.08 Å². The Hall–Kier alpha value is -2.80. The van der Waals surface area contributed by atoms with Crippen molar-refractivity contribution < 1.29 is 0 Å². The van der Waals surface area contributed by atoms with E-state index in [2.05, 4.69) is 112 Å². The molecule has 0 radical (unpaired) electrons. The number of anilines is 3. The summed E-state index contributed by atoms with van der Waals surface area (Å²) in [6.45, 7) is 16.7. The molecular weight excluding hydrogens is 362 g/mol. The molecule has 0 aliphatic heterocycles. The summed E-state index contributed by atoms with van der Waals surface area (Å²) in [6.07, 6.45) is 4.24. The molecule has 0 amide bonds. The van der Waals surface area contributed by atoms with Gasteiger partial charge in [-0.2, -0.15) is 0 Å². The Bertz CT molecular complexity index is 832. The summed E-state index contributed by atoms with van der Waals surface area (Å²) < 4.78 is 0. The van der Waals surface area contributed by atoms with Crippen LogP contribution in [-0.4, -0.2) is 0 Å². The zero-order valence-electron chi connectivity index (χ0n) is 19.7. The van der Waals surface area contributed by atoms with E-state index in [0.717, 1.165) is 35.0 Å². The molecule has 3 aromatic rings. The lowest BCUT2D eigenvalue weighted by Crippen LogP contribution is -2.09. The van der Waals surface area contributed by atoms with Crippen LogP contribution in [0.3, 0.4) is 0 Å². The molecule has 0 N–H and O–H groups in total. The lowest BCUT2D eigenvalue weighted by molar-refractivity contribution is 0.626. The Balaban J connectivity index is 0.000000565. The molecule has 0 bridgehead atoms. The summed E-state index contributed by atoms with van der Waals surface area (Å²) in [6, 6.07) is 27.7. The minimum atomic E-state index is 0.884. The number of nitrogens with zero attached hydrogens (tertiary/aromatic N) is 1. The maximum atomic E-state index is 3.88. The predicted molar refractivity (Wildman–Crippen MR) is 137 cm³/mol. The van der Waals surface area contributed by atoms with E-state index < -0.39 is 0 Å². The van der Waals surface area contributed by atoms with Gasteiger partial charge in [0.15, 0.2) is 0 Å². The van der Waals surface area contributed by atoms with E-state index >= 15 is 0 Å². The maximum Gasteiger partial charge on any atom is 0.0467 e. The summed E-state index contributed by atoms with van der Waals surface area (Å²) >= 11 is 0. The second-order valence-corrected chi connectivity index (χ2v) is 7.29. The number of aryl methyl sites for hydroxylation is 1. The minimum Gasteiger partial charge on any atom is -0.310 e. The van der Waals surface area contributed by atoms with Crippen LogP contribution in [0.1, 0.15) is 59.1 Å². The van der Waals surface area contributed by atoms with Gasteiger partial charge in [-0.05, 0) is 59.9 Å². The van der Waals surface area contributed by atoms with Crippen LogP contribution in [0.15, 0.2) is 85.4 Å². The van der Waals surface area contributed by atoms with Gasteiger partial charge in [-0.1, -0.05) is 103 Å². The van der Waals surface area contributed by atoms with Crippen molar-refractivity contribution in [1.29, 1.82) is 0 Å². The molecule has 0 saturated carbocycles. The van der Waals surface area contributed by atoms with Crippen molar-refractivity contribution in [2.45, 2.75) is 54.4 Å². The Kier molecular flexibility index (Phi) is 12.0. The number of rotatable bonds is 6. The van der Waals surface area contributed by atoms with Crippen LogP contribution < -0.4 is 4.90 Å². The fraction of sp³-hybridized carbons (Fsp3) is 0.310. The standard InChI is InChI=1S/C22H21N.C5H12.C2H6/c1-3-18-13-15-21(16-14-18)23(20-10-6-5-7-11-20)22-12-8-9-19(4-2)17-22;1-4-5(2)3;1-2/h4-17H,2-3H2,1H3;5H,4H2,1-3H3;1-2H3. The van der Waals surface area contributed by atoms with Crippen molar-refractivity contribution >= 4 is 23.1 Å². The molecule has 0 atom stereocenters. The van der Waals surface area contributed by atoms with Crippen LogP contribution in [0.4, 0.5) is 17.1 Å². The van der Waals surface area contributed by atoms with Gasteiger partial charge in [-0.3, -0.25) is 0 Å².